The average molecular weight is 466 g/mol. The fraction of sp³-hybridized carbons (Fsp3) is 0.333. The number of para-hydroxylation sites is 2. The third-order valence-corrected chi connectivity index (χ3v) is 7.04. The van der Waals surface area contributed by atoms with E-state index < -0.39 is 22.0 Å². The zero-order valence-electron chi connectivity index (χ0n) is 17.8. The Balaban J connectivity index is 1.89. The van der Waals surface area contributed by atoms with Crippen LogP contribution in [0.5, 0.6) is 0 Å². The van der Waals surface area contributed by atoms with E-state index in [9.17, 15) is 21.6 Å². The van der Waals surface area contributed by atoms with Crippen LogP contribution in [-0.2, 0) is 29.3 Å². The molecule has 0 aliphatic heterocycles. The normalized spacial score (nSPS) is 13.0. The standard InChI is InChI=1S/C21H22F3N5O2S/c1-4-11-28-18-10-9-14(32(30,31)27(2)3)12-16(18)25-19(28)13-29-17-8-6-5-7-15(17)26-20(29)21(22,23)24/h5-10,12H,4,11,13H2,1-3H3. The maximum atomic E-state index is 13.7. The number of sulfonamides is 1. The molecule has 0 unspecified atom stereocenters. The number of halogens is 3. The summed E-state index contributed by atoms with van der Waals surface area (Å²) < 4.78 is 70.2. The highest BCUT2D eigenvalue weighted by Gasteiger charge is 2.38. The van der Waals surface area contributed by atoms with Crippen LogP contribution in [0.4, 0.5) is 13.2 Å². The predicted molar refractivity (Wildman–Crippen MR) is 115 cm³/mol. The maximum Gasteiger partial charge on any atom is 0.449 e. The van der Waals surface area contributed by atoms with Gasteiger partial charge in [-0.05, 0) is 36.8 Å². The fourth-order valence-electron chi connectivity index (χ4n) is 3.72. The number of hydrogen-bond acceptors (Lipinski definition) is 4. The third-order valence-electron chi connectivity index (χ3n) is 5.23. The van der Waals surface area contributed by atoms with Crippen LogP contribution in [0.3, 0.4) is 0 Å². The Labute approximate surface area is 183 Å². The molecule has 11 heteroatoms. The summed E-state index contributed by atoms with van der Waals surface area (Å²) in [6.45, 7) is 2.33. The molecule has 2 aromatic carbocycles. The molecular weight excluding hydrogens is 443 g/mol. The summed E-state index contributed by atoms with van der Waals surface area (Å²) in [5, 5.41) is 0. The number of alkyl halides is 3. The first-order chi connectivity index (χ1) is 15.0. The van der Waals surface area contributed by atoms with Gasteiger partial charge in [-0.15, -0.1) is 0 Å². The molecule has 0 bridgehead atoms. The first-order valence-corrected chi connectivity index (χ1v) is 11.4. The molecule has 170 valence electrons. The number of nitrogens with zero attached hydrogens (tertiary/aromatic N) is 5. The highest BCUT2D eigenvalue weighted by atomic mass is 32.2. The molecule has 0 saturated carbocycles. The second-order valence-corrected chi connectivity index (χ2v) is 9.78. The molecule has 0 spiro atoms. The number of imidazole rings is 2. The summed E-state index contributed by atoms with van der Waals surface area (Å²) in [7, 11) is -0.801. The Morgan fingerprint density at radius 3 is 2.31 bits per heavy atom. The van der Waals surface area contributed by atoms with Gasteiger partial charge in [0.1, 0.15) is 5.82 Å². The number of aromatic nitrogens is 4. The Kier molecular flexibility index (Phi) is 5.49. The van der Waals surface area contributed by atoms with Crippen molar-refractivity contribution in [2.75, 3.05) is 14.1 Å². The van der Waals surface area contributed by atoms with E-state index in [1.165, 1.54) is 32.3 Å². The van der Waals surface area contributed by atoms with E-state index in [4.69, 9.17) is 0 Å². The van der Waals surface area contributed by atoms with Gasteiger partial charge in [-0.25, -0.2) is 22.7 Å². The van der Waals surface area contributed by atoms with Gasteiger partial charge in [-0.1, -0.05) is 19.1 Å². The smallest absolute Gasteiger partial charge is 0.326 e. The molecule has 2 heterocycles. The molecule has 0 atom stereocenters. The van der Waals surface area contributed by atoms with Gasteiger partial charge in [0.05, 0.1) is 33.5 Å². The summed E-state index contributed by atoms with van der Waals surface area (Å²) in [4.78, 5) is 8.40. The summed E-state index contributed by atoms with van der Waals surface area (Å²) in [5.74, 6) is -0.598. The molecule has 7 nitrogen and oxygen atoms in total. The molecule has 32 heavy (non-hydrogen) atoms. The first kappa shape index (κ1) is 22.3. The van der Waals surface area contributed by atoms with Crippen LogP contribution in [0.2, 0.25) is 0 Å². The van der Waals surface area contributed by atoms with Crippen LogP contribution in [0.15, 0.2) is 47.4 Å². The van der Waals surface area contributed by atoms with Gasteiger partial charge in [-0.3, -0.25) is 0 Å². The highest BCUT2D eigenvalue weighted by Crippen LogP contribution is 2.32. The summed E-state index contributed by atoms with van der Waals surface area (Å²) in [6, 6.07) is 11.0. The van der Waals surface area contributed by atoms with Crippen molar-refractivity contribution in [3.8, 4) is 0 Å². The zero-order valence-corrected chi connectivity index (χ0v) is 18.6. The van der Waals surface area contributed by atoms with Gasteiger partial charge in [0.15, 0.2) is 0 Å². The molecule has 0 aliphatic rings. The lowest BCUT2D eigenvalue weighted by Gasteiger charge is -2.13. The molecule has 0 saturated heterocycles. The second-order valence-electron chi connectivity index (χ2n) is 7.63. The van der Waals surface area contributed by atoms with E-state index in [0.717, 1.165) is 15.3 Å². The van der Waals surface area contributed by atoms with Crippen LogP contribution in [0.25, 0.3) is 22.1 Å². The minimum absolute atomic E-state index is 0.0757. The van der Waals surface area contributed by atoms with Crippen molar-refractivity contribution in [2.45, 2.75) is 37.5 Å². The van der Waals surface area contributed by atoms with E-state index in [-0.39, 0.29) is 17.0 Å². The highest BCUT2D eigenvalue weighted by molar-refractivity contribution is 7.89. The number of fused-ring (bicyclic) bond motifs is 2. The average Bonchev–Trinajstić information content (AvgIpc) is 3.27. The van der Waals surface area contributed by atoms with Crippen LogP contribution < -0.4 is 0 Å². The number of rotatable bonds is 6. The van der Waals surface area contributed by atoms with Crippen molar-refractivity contribution in [2.24, 2.45) is 0 Å². The van der Waals surface area contributed by atoms with Crippen LogP contribution in [0.1, 0.15) is 25.0 Å². The van der Waals surface area contributed by atoms with Crippen molar-refractivity contribution in [3.05, 3.63) is 54.1 Å². The molecule has 4 rings (SSSR count). The van der Waals surface area contributed by atoms with Gasteiger partial charge < -0.3 is 9.13 Å². The molecular formula is C21H22F3N5O2S. The van der Waals surface area contributed by atoms with E-state index in [1.54, 1.807) is 24.3 Å². The molecule has 0 aliphatic carbocycles. The number of benzene rings is 2. The Morgan fingerprint density at radius 1 is 0.969 bits per heavy atom. The van der Waals surface area contributed by atoms with Crippen molar-refractivity contribution in [1.82, 2.24) is 23.4 Å². The Morgan fingerprint density at radius 2 is 1.66 bits per heavy atom. The minimum Gasteiger partial charge on any atom is -0.326 e. The monoisotopic (exact) mass is 465 g/mol. The lowest BCUT2D eigenvalue weighted by atomic mass is 10.3. The summed E-state index contributed by atoms with van der Waals surface area (Å²) >= 11 is 0. The molecule has 0 N–H and O–H groups in total. The van der Waals surface area contributed by atoms with Crippen LogP contribution >= 0.6 is 0 Å². The van der Waals surface area contributed by atoms with Gasteiger partial charge >= 0.3 is 6.18 Å². The number of hydrogen-bond donors (Lipinski definition) is 0. The van der Waals surface area contributed by atoms with Crippen LogP contribution in [-0.4, -0.2) is 45.9 Å². The van der Waals surface area contributed by atoms with Gasteiger partial charge in [0.25, 0.3) is 0 Å². The van der Waals surface area contributed by atoms with E-state index in [1.807, 2.05) is 11.5 Å². The maximum absolute atomic E-state index is 13.7. The van der Waals surface area contributed by atoms with Gasteiger partial charge in [-0.2, -0.15) is 13.2 Å². The molecule has 2 aromatic heterocycles. The van der Waals surface area contributed by atoms with Gasteiger partial charge in [0.2, 0.25) is 15.8 Å². The Hall–Kier alpha value is -2.92. The molecule has 0 radical (unpaired) electrons. The summed E-state index contributed by atoms with van der Waals surface area (Å²) in [5.41, 5.74) is 1.68. The van der Waals surface area contributed by atoms with E-state index in [2.05, 4.69) is 9.97 Å². The molecule has 0 fully saturated rings. The topological polar surface area (TPSA) is 73.0 Å². The van der Waals surface area contributed by atoms with Crippen molar-refractivity contribution >= 4 is 32.1 Å². The zero-order chi connectivity index (χ0) is 23.3. The van der Waals surface area contributed by atoms with E-state index >= 15 is 0 Å². The van der Waals surface area contributed by atoms with E-state index in [0.29, 0.717) is 28.9 Å². The molecule has 0 amide bonds. The first-order valence-electron chi connectivity index (χ1n) is 9.98. The van der Waals surface area contributed by atoms with Crippen molar-refractivity contribution in [1.29, 1.82) is 0 Å². The molecule has 4 aromatic rings. The van der Waals surface area contributed by atoms with Crippen molar-refractivity contribution < 1.29 is 21.6 Å². The SMILES string of the molecule is CCCn1c(Cn2c(C(F)(F)F)nc3ccccc32)nc2cc(S(=O)(=O)N(C)C)ccc21. The Bertz CT molecular complexity index is 1400. The van der Waals surface area contributed by atoms with Crippen LogP contribution in [0, 0.1) is 0 Å². The van der Waals surface area contributed by atoms with Gasteiger partial charge in [0, 0.05) is 20.6 Å². The lowest BCUT2D eigenvalue weighted by Crippen LogP contribution is -2.22. The second kappa shape index (κ2) is 7.89. The minimum atomic E-state index is -4.63. The number of aryl methyl sites for hydroxylation is 1. The van der Waals surface area contributed by atoms with Crippen molar-refractivity contribution in [3.63, 3.8) is 0 Å². The quantitative estimate of drug-likeness (QED) is 0.430. The largest absolute Gasteiger partial charge is 0.449 e. The third kappa shape index (κ3) is 3.75. The summed E-state index contributed by atoms with van der Waals surface area (Å²) in [6.07, 6.45) is -3.90. The predicted octanol–water partition coefficient (Wildman–Crippen LogP) is 4.11. The lowest BCUT2D eigenvalue weighted by molar-refractivity contribution is -0.146. The fourth-order valence-corrected chi connectivity index (χ4v) is 4.64.